The fraction of sp³-hybridized carbons (Fsp3) is 0.846. The van der Waals surface area contributed by atoms with Crippen molar-refractivity contribution in [3.05, 3.63) is 10.0 Å². The summed E-state index contributed by atoms with van der Waals surface area (Å²) in [6.45, 7) is 1.14. The SMILES string of the molecule is C1CCC(c2nnc(CCCNC3CC3)s2)SC1. The second kappa shape index (κ2) is 6.35. The number of aromatic nitrogens is 2. The van der Waals surface area contributed by atoms with Crippen LogP contribution in [0.3, 0.4) is 0 Å². The predicted molar refractivity (Wildman–Crippen MR) is 78.3 cm³/mol. The molecule has 100 valence electrons. The maximum atomic E-state index is 4.39. The van der Waals surface area contributed by atoms with Crippen molar-refractivity contribution >= 4 is 23.1 Å². The fourth-order valence-corrected chi connectivity index (χ4v) is 4.69. The van der Waals surface area contributed by atoms with Gasteiger partial charge in [-0.3, -0.25) is 0 Å². The molecule has 3 nitrogen and oxygen atoms in total. The lowest BCUT2D eigenvalue weighted by Crippen LogP contribution is -2.17. The van der Waals surface area contributed by atoms with Gasteiger partial charge in [0.1, 0.15) is 10.0 Å². The first-order valence-corrected chi connectivity index (χ1v) is 8.95. The molecule has 2 aliphatic rings. The van der Waals surface area contributed by atoms with Crippen LogP contribution in [-0.2, 0) is 6.42 Å². The van der Waals surface area contributed by atoms with Crippen LogP contribution < -0.4 is 5.32 Å². The largest absolute Gasteiger partial charge is 0.314 e. The second-order valence-electron chi connectivity index (χ2n) is 5.22. The number of thioether (sulfide) groups is 1. The molecule has 18 heavy (non-hydrogen) atoms. The summed E-state index contributed by atoms with van der Waals surface area (Å²) in [6.07, 6.45) is 9.07. The summed E-state index contributed by atoms with van der Waals surface area (Å²) in [6, 6.07) is 0.827. The van der Waals surface area contributed by atoms with Gasteiger partial charge < -0.3 is 5.32 Å². The van der Waals surface area contributed by atoms with E-state index < -0.39 is 0 Å². The third-order valence-electron chi connectivity index (χ3n) is 3.52. The molecule has 1 aliphatic carbocycles. The molecule has 1 aliphatic heterocycles. The molecule has 1 saturated carbocycles. The number of aryl methyl sites for hydroxylation is 1. The Morgan fingerprint density at radius 2 is 2.11 bits per heavy atom. The number of nitrogens with one attached hydrogen (secondary N) is 1. The highest BCUT2D eigenvalue weighted by Crippen LogP contribution is 2.39. The summed E-state index contributed by atoms with van der Waals surface area (Å²) < 4.78 is 0. The highest BCUT2D eigenvalue weighted by molar-refractivity contribution is 7.99. The molecule has 1 unspecified atom stereocenters. The first-order chi connectivity index (χ1) is 8.92. The van der Waals surface area contributed by atoms with Crippen molar-refractivity contribution in [2.75, 3.05) is 12.3 Å². The molecule has 2 heterocycles. The first kappa shape index (κ1) is 12.9. The standard InChI is InChI=1S/C13H21N3S2/c1-2-9-17-11(4-1)13-16-15-12(18-13)5-3-8-14-10-6-7-10/h10-11,14H,1-9H2. The number of rotatable bonds is 6. The third-order valence-corrected chi connectivity index (χ3v) is 6.15. The molecule has 0 aromatic carbocycles. The van der Waals surface area contributed by atoms with Crippen LogP contribution in [0.4, 0.5) is 0 Å². The zero-order valence-electron chi connectivity index (χ0n) is 10.7. The van der Waals surface area contributed by atoms with E-state index in [1.807, 2.05) is 11.3 Å². The van der Waals surface area contributed by atoms with E-state index >= 15 is 0 Å². The Hall–Kier alpha value is -0.130. The summed E-state index contributed by atoms with van der Waals surface area (Å²) in [5.74, 6) is 1.30. The van der Waals surface area contributed by atoms with Crippen LogP contribution in [0.5, 0.6) is 0 Å². The number of nitrogens with zero attached hydrogens (tertiary/aromatic N) is 2. The Kier molecular flexibility index (Phi) is 4.54. The molecule has 2 fully saturated rings. The summed E-state index contributed by atoms with van der Waals surface area (Å²) in [4.78, 5) is 0. The smallest absolute Gasteiger partial charge is 0.130 e. The van der Waals surface area contributed by atoms with E-state index in [9.17, 15) is 0 Å². The van der Waals surface area contributed by atoms with E-state index in [1.54, 1.807) is 0 Å². The van der Waals surface area contributed by atoms with Crippen molar-refractivity contribution in [1.29, 1.82) is 0 Å². The Morgan fingerprint density at radius 3 is 2.89 bits per heavy atom. The summed E-state index contributed by atoms with van der Waals surface area (Å²) in [5.41, 5.74) is 0. The molecular formula is C13H21N3S2. The lowest BCUT2D eigenvalue weighted by Gasteiger charge is -2.17. The van der Waals surface area contributed by atoms with Crippen LogP contribution in [0, 0.1) is 0 Å². The Labute approximate surface area is 117 Å². The van der Waals surface area contributed by atoms with Crippen LogP contribution in [0.25, 0.3) is 0 Å². The van der Waals surface area contributed by atoms with Gasteiger partial charge in [-0.15, -0.1) is 21.5 Å². The third kappa shape index (κ3) is 3.68. The highest BCUT2D eigenvalue weighted by atomic mass is 32.2. The minimum atomic E-state index is 0.634. The van der Waals surface area contributed by atoms with Gasteiger partial charge in [-0.2, -0.15) is 11.8 Å². The predicted octanol–water partition coefficient (Wildman–Crippen LogP) is 3.18. The van der Waals surface area contributed by atoms with E-state index in [0.29, 0.717) is 5.25 Å². The van der Waals surface area contributed by atoms with E-state index in [1.165, 1.54) is 54.3 Å². The molecule has 0 bridgehead atoms. The number of hydrogen-bond donors (Lipinski definition) is 1. The van der Waals surface area contributed by atoms with E-state index in [2.05, 4.69) is 27.3 Å². The van der Waals surface area contributed by atoms with Crippen LogP contribution in [0.15, 0.2) is 0 Å². The maximum absolute atomic E-state index is 4.39. The van der Waals surface area contributed by atoms with Crippen molar-refractivity contribution in [2.24, 2.45) is 0 Å². The maximum Gasteiger partial charge on any atom is 0.130 e. The van der Waals surface area contributed by atoms with Gasteiger partial charge in [0, 0.05) is 12.5 Å². The average Bonchev–Trinajstić information content (AvgIpc) is 3.12. The molecule has 1 aromatic heterocycles. The van der Waals surface area contributed by atoms with Gasteiger partial charge in [0.25, 0.3) is 0 Å². The average molecular weight is 283 g/mol. The molecule has 0 spiro atoms. The summed E-state index contributed by atoms with van der Waals surface area (Å²) >= 11 is 3.91. The topological polar surface area (TPSA) is 37.8 Å². The molecule has 1 N–H and O–H groups in total. The van der Waals surface area contributed by atoms with Gasteiger partial charge in [-0.25, -0.2) is 0 Å². The van der Waals surface area contributed by atoms with Gasteiger partial charge in [-0.1, -0.05) is 6.42 Å². The Morgan fingerprint density at radius 1 is 1.17 bits per heavy atom. The molecule has 1 atom stereocenters. The molecular weight excluding hydrogens is 262 g/mol. The van der Waals surface area contributed by atoms with E-state index in [-0.39, 0.29) is 0 Å². The fourth-order valence-electron chi connectivity index (χ4n) is 2.27. The Bertz CT molecular complexity index is 370. The molecule has 0 radical (unpaired) electrons. The van der Waals surface area contributed by atoms with Crippen molar-refractivity contribution in [3.63, 3.8) is 0 Å². The van der Waals surface area contributed by atoms with Crippen LogP contribution in [0.2, 0.25) is 0 Å². The van der Waals surface area contributed by atoms with Crippen molar-refractivity contribution in [1.82, 2.24) is 15.5 Å². The van der Waals surface area contributed by atoms with Crippen molar-refractivity contribution < 1.29 is 0 Å². The normalized spacial score (nSPS) is 24.3. The van der Waals surface area contributed by atoms with Crippen LogP contribution in [-0.4, -0.2) is 28.5 Å². The first-order valence-electron chi connectivity index (χ1n) is 7.09. The van der Waals surface area contributed by atoms with E-state index in [4.69, 9.17) is 0 Å². The van der Waals surface area contributed by atoms with Gasteiger partial charge >= 0.3 is 0 Å². The minimum Gasteiger partial charge on any atom is -0.314 e. The van der Waals surface area contributed by atoms with Gasteiger partial charge in [0.15, 0.2) is 0 Å². The van der Waals surface area contributed by atoms with E-state index in [0.717, 1.165) is 19.0 Å². The zero-order valence-corrected chi connectivity index (χ0v) is 12.4. The molecule has 1 saturated heterocycles. The lowest BCUT2D eigenvalue weighted by molar-refractivity contribution is 0.642. The quantitative estimate of drug-likeness (QED) is 0.814. The number of hydrogen-bond acceptors (Lipinski definition) is 5. The van der Waals surface area contributed by atoms with Crippen LogP contribution >= 0.6 is 23.1 Å². The highest BCUT2D eigenvalue weighted by Gasteiger charge is 2.21. The van der Waals surface area contributed by atoms with Crippen molar-refractivity contribution in [3.8, 4) is 0 Å². The molecule has 1 aromatic rings. The molecule has 5 heteroatoms. The zero-order chi connectivity index (χ0) is 12.2. The second-order valence-corrected chi connectivity index (χ2v) is 7.63. The van der Waals surface area contributed by atoms with Gasteiger partial charge in [-0.05, 0) is 44.4 Å². The van der Waals surface area contributed by atoms with Crippen LogP contribution in [0.1, 0.15) is 53.8 Å². The van der Waals surface area contributed by atoms with Crippen molar-refractivity contribution in [2.45, 2.75) is 56.2 Å². The van der Waals surface area contributed by atoms with Gasteiger partial charge in [0.2, 0.25) is 0 Å². The molecule has 3 rings (SSSR count). The lowest BCUT2D eigenvalue weighted by atomic mass is 10.2. The minimum absolute atomic E-state index is 0.634. The Balaban J connectivity index is 1.43. The molecule has 0 amide bonds. The van der Waals surface area contributed by atoms with Gasteiger partial charge in [0.05, 0.1) is 5.25 Å². The monoisotopic (exact) mass is 283 g/mol. The summed E-state index contributed by atoms with van der Waals surface area (Å²) in [7, 11) is 0. The summed E-state index contributed by atoms with van der Waals surface area (Å²) in [5, 5.41) is 15.4.